The lowest BCUT2D eigenvalue weighted by Crippen LogP contribution is -2.68. The minimum absolute atomic E-state index is 0.0210. The quantitative estimate of drug-likeness (QED) is 0.492. The summed E-state index contributed by atoms with van der Waals surface area (Å²) in [7, 11) is 0. The van der Waals surface area contributed by atoms with Crippen LogP contribution in [0.4, 0.5) is 0 Å². The number of piperazine rings is 1. The van der Waals surface area contributed by atoms with E-state index in [4.69, 9.17) is 11.6 Å². The Hall–Kier alpha value is -2.79. The molecule has 2 atom stereocenters. The van der Waals surface area contributed by atoms with Gasteiger partial charge < -0.3 is 14.8 Å². The van der Waals surface area contributed by atoms with Crippen molar-refractivity contribution >= 4 is 34.3 Å². The zero-order valence-electron chi connectivity index (χ0n) is 19.5. The second-order valence-electron chi connectivity index (χ2n) is 10.2. The van der Waals surface area contributed by atoms with Crippen molar-refractivity contribution in [2.45, 2.75) is 62.9 Å². The van der Waals surface area contributed by atoms with E-state index in [0.29, 0.717) is 11.6 Å². The molecule has 34 heavy (non-hydrogen) atoms. The number of carbonyl (C=O) groups is 2. The predicted molar refractivity (Wildman–Crippen MR) is 134 cm³/mol. The molecule has 0 bridgehead atoms. The number of hydrogen-bond acceptors (Lipinski definition) is 2. The van der Waals surface area contributed by atoms with Crippen LogP contribution in [0.25, 0.3) is 10.9 Å². The molecule has 1 saturated heterocycles. The van der Waals surface area contributed by atoms with Gasteiger partial charge >= 0.3 is 0 Å². The van der Waals surface area contributed by atoms with Gasteiger partial charge in [0.25, 0.3) is 5.91 Å². The van der Waals surface area contributed by atoms with Gasteiger partial charge in [0.05, 0.1) is 5.69 Å². The topological polar surface area (TPSA) is 56.4 Å². The molecule has 3 aliphatic rings. The van der Waals surface area contributed by atoms with Crippen molar-refractivity contribution in [2.24, 2.45) is 0 Å². The molecule has 0 spiro atoms. The molecule has 1 aromatic heterocycles. The first kappa shape index (κ1) is 21.7. The van der Waals surface area contributed by atoms with Gasteiger partial charge in [-0.15, -0.1) is 0 Å². The van der Waals surface area contributed by atoms with Crippen LogP contribution in [-0.2, 0) is 15.1 Å². The highest BCUT2D eigenvalue weighted by Gasteiger charge is 2.57. The van der Waals surface area contributed by atoms with Crippen molar-refractivity contribution in [1.82, 2.24) is 14.8 Å². The minimum Gasteiger partial charge on any atom is -0.356 e. The highest BCUT2D eigenvalue weighted by Crippen LogP contribution is 2.49. The number of benzene rings is 2. The van der Waals surface area contributed by atoms with Gasteiger partial charge in [0, 0.05) is 34.4 Å². The summed E-state index contributed by atoms with van der Waals surface area (Å²) in [5, 5.41) is 1.78. The average molecular weight is 476 g/mol. The van der Waals surface area contributed by atoms with Crippen LogP contribution in [0, 0.1) is 0 Å². The molecule has 0 radical (unpaired) electrons. The fourth-order valence-electron chi connectivity index (χ4n) is 6.53. The SMILES string of the molecule is C[C@]12C(=O)N(C3CCCCCC3)CC(=O)N1C[C@H](c1ccccc1Cl)c1c2[nH]c2ccccc12. The summed E-state index contributed by atoms with van der Waals surface area (Å²) in [6, 6.07) is 16.2. The standard InChI is InChI=1S/C28H30ClN3O2/c1-28-26-25(20-13-7-9-15-23(20)30-26)21(19-12-6-8-14-22(19)29)16-32(28)24(33)17-31(27(28)34)18-10-4-2-3-5-11-18/h6-9,12-15,18,21,30H,2-5,10-11,16-17H2,1H3/t21-,28+/m1/s1. The molecule has 176 valence electrons. The molecule has 2 aromatic carbocycles. The Morgan fingerprint density at radius 2 is 1.68 bits per heavy atom. The van der Waals surface area contributed by atoms with E-state index in [-0.39, 0.29) is 30.3 Å². The number of aromatic nitrogens is 1. The number of halogens is 1. The van der Waals surface area contributed by atoms with Gasteiger partial charge in [0.15, 0.2) is 5.54 Å². The Kier molecular flexibility index (Phi) is 5.21. The Morgan fingerprint density at radius 1 is 0.971 bits per heavy atom. The van der Waals surface area contributed by atoms with Crippen LogP contribution in [-0.4, -0.2) is 45.7 Å². The largest absolute Gasteiger partial charge is 0.356 e. The minimum atomic E-state index is -1.05. The van der Waals surface area contributed by atoms with E-state index in [1.54, 1.807) is 0 Å². The Balaban J connectivity index is 1.53. The zero-order chi connectivity index (χ0) is 23.4. The number of H-pyrrole nitrogens is 1. The molecule has 3 heterocycles. The summed E-state index contributed by atoms with van der Waals surface area (Å²) in [5.74, 6) is -0.0359. The second-order valence-corrected chi connectivity index (χ2v) is 10.6. The van der Waals surface area contributed by atoms with Gasteiger partial charge in [0.2, 0.25) is 5.91 Å². The van der Waals surface area contributed by atoms with Gasteiger partial charge in [0.1, 0.15) is 6.54 Å². The number of nitrogens with one attached hydrogen (secondary N) is 1. The summed E-state index contributed by atoms with van der Waals surface area (Å²) < 4.78 is 0. The van der Waals surface area contributed by atoms with Gasteiger partial charge in [-0.3, -0.25) is 9.59 Å². The van der Waals surface area contributed by atoms with Gasteiger partial charge in [-0.1, -0.05) is 73.7 Å². The highest BCUT2D eigenvalue weighted by atomic mass is 35.5. The number of rotatable bonds is 2. The monoisotopic (exact) mass is 475 g/mol. The molecule has 1 aliphatic carbocycles. The smallest absolute Gasteiger partial charge is 0.255 e. The molecule has 6 heteroatoms. The third-order valence-electron chi connectivity index (χ3n) is 8.32. The normalized spacial score (nSPS) is 25.9. The molecule has 2 fully saturated rings. The van der Waals surface area contributed by atoms with Gasteiger partial charge in [-0.25, -0.2) is 0 Å². The molecular formula is C28H30ClN3O2. The Bertz CT molecular complexity index is 1280. The molecule has 5 nitrogen and oxygen atoms in total. The number of fused-ring (bicyclic) bond motifs is 5. The maximum atomic E-state index is 14.3. The molecule has 1 saturated carbocycles. The van der Waals surface area contributed by atoms with E-state index in [9.17, 15) is 9.59 Å². The van der Waals surface area contributed by atoms with Crippen LogP contribution in [0.15, 0.2) is 48.5 Å². The number of nitrogens with zero attached hydrogens (tertiary/aromatic N) is 2. The van der Waals surface area contributed by atoms with E-state index < -0.39 is 5.54 Å². The lowest BCUT2D eigenvalue weighted by atomic mass is 9.76. The first-order valence-corrected chi connectivity index (χ1v) is 12.8. The third kappa shape index (κ3) is 3.13. The Morgan fingerprint density at radius 3 is 2.44 bits per heavy atom. The maximum absolute atomic E-state index is 14.3. The number of carbonyl (C=O) groups excluding carboxylic acids is 2. The number of hydrogen-bond donors (Lipinski definition) is 1. The van der Waals surface area contributed by atoms with E-state index in [1.165, 1.54) is 12.8 Å². The molecule has 2 amide bonds. The fourth-order valence-corrected chi connectivity index (χ4v) is 6.80. The molecule has 2 aliphatic heterocycles. The van der Waals surface area contributed by atoms with Crippen LogP contribution in [0.1, 0.15) is 68.2 Å². The summed E-state index contributed by atoms with van der Waals surface area (Å²) in [6.07, 6.45) is 6.63. The summed E-state index contributed by atoms with van der Waals surface area (Å²) in [4.78, 5) is 35.3. The van der Waals surface area contributed by atoms with E-state index >= 15 is 0 Å². The number of aromatic amines is 1. The third-order valence-corrected chi connectivity index (χ3v) is 8.66. The van der Waals surface area contributed by atoms with Crippen LogP contribution in [0.3, 0.4) is 0 Å². The first-order chi connectivity index (χ1) is 16.5. The number of para-hydroxylation sites is 1. The zero-order valence-corrected chi connectivity index (χ0v) is 20.3. The number of amides is 2. The van der Waals surface area contributed by atoms with Crippen LogP contribution in [0.2, 0.25) is 5.02 Å². The molecule has 0 unspecified atom stereocenters. The molecule has 6 rings (SSSR count). The van der Waals surface area contributed by atoms with Crippen molar-refractivity contribution in [3.63, 3.8) is 0 Å². The van der Waals surface area contributed by atoms with Gasteiger partial charge in [-0.2, -0.15) is 0 Å². The van der Waals surface area contributed by atoms with Crippen molar-refractivity contribution < 1.29 is 9.59 Å². The van der Waals surface area contributed by atoms with Crippen molar-refractivity contribution in [3.05, 3.63) is 70.4 Å². The second kappa shape index (κ2) is 8.16. The van der Waals surface area contributed by atoms with E-state index in [2.05, 4.69) is 11.1 Å². The van der Waals surface area contributed by atoms with Crippen LogP contribution in [0.5, 0.6) is 0 Å². The first-order valence-electron chi connectivity index (χ1n) is 12.5. The average Bonchev–Trinajstić information content (AvgIpc) is 3.03. The molecule has 3 aromatic rings. The van der Waals surface area contributed by atoms with Crippen LogP contribution < -0.4 is 0 Å². The Labute approximate surface area is 205 Å². The lowest BCUT2D eigenvalue weighted by molar-refractivity contribution is -0.169. The van der Waals surface area contributed by atoms with Crippen molar-refractivity contribution in [2.75, 3.05) is 13.1 Å². The molecular weight excluding hydrogens is 446 g/mol. The summed E-state index contributed by atoms with van der Waals surface area (Å²) in [5.41, 5.74) is 2.85. The molecule has 1 N–H and O–H groups in total. The van der Waals surface area contributed by atoms with Crippen molar-refractivity contribution in [1.29, 1.82) is 0 Å². The highest BCUT2D eigenvalue weighted by molar-refractivity contribution is 6.31. The lowest BCUT2D eigenvalue weighted by Gasteiger charge is -2.53. The van der Waals surface area contributed by atoms with Gasteiger partial charge in [-0.05, 0) is 43.0 Å². The maximum Gasteiger partial charge on any atom is 0.255 e. The predicted octanol–water partition coefficient (Wildman–Crippen LogP) is 5.58. The summed E-state index contributed by atoms with van der Waals surface area (Å²) in [6.45, 7) is 2.55. The summed E-state index contributed by atoms with van der Waals surface area (Å²) >= 11 is 6.67. The van der Waals surface area contributed by atoms with Crippen molar-refractivity contribution in [3.8, 4) is 0 Å². The van der Waals surface area contributed by atoms with E-state index in [0.717, 1.165) is 53.4 Å². The fraction of sp³-hybridized carbons (Fsp3) is 0.429. The van der Waals surface area contributed by atoms with E-state index in [1.807, 2.05) is 59.2 Å². The van der Waals surface area contributed by atoms with Crippen LogP contribution >= 0.6 is 11.6 Å².